The smallest absolute Gasteiger partial charge is 0.119 e. The van der Waals surface area contributed by atoms with Gasteiger partial charge >= 0.3 is 0 Å². The molecule has 0 aliphatic carbocycles. The van der Waals surface area contributed by atoms with Crippen molar-refractivity contribution in [2.75, 3.05) is 0 Å². The van der Waals surface area contributed by atoms with Crippen molar-refractivity contribution >= 4 is 0 Å². The highest BCUT2D eigenvalue weighted by Crippen LogP contribution is 2.15. The summed E-state index contributed by atoms with van der Waals surface area (Å²) in [6, 6.07) is 7.60. The molecule has 1 aromatic carbocycles. The van der Waals surface area contributed by atoms with Crippen LogP contribution in [0.5, 0.6) is 5.75 Å². The van der Waals surface area contributed by atoms with Crippen molar-refractivity contribution in [2.45, 2.75) is 6.04 Å². The van der Waals surface area contributed by atoms with E-state index in [1.165, 1.54) is 12.1 Å². The lowest BCUT2D eigenvalue weighted by molar-refractivity contribution is 0.474. The van der Waals surface area contributed by atoms with E-state index in [1.54, 1.807) is 12.1 Å². The normalized spacial score (nSPS) is 12.0. The molecule has 0 spiro atoms. The van der Waals surface area contributed by atoms with E-state index in [0.29, 0.717) is 5.56 Å². The molecule has 3 N–H and O–H groups in total. The van der Waals surface area contributed by atoms with Gasteiger partial charge in [-0.3, -0.25) is 0 Å². The van der Waals surface area contributed by atoms with Crippen molar-refractivity contribution in [2.24, 2.45) is 5.73 Å². The monoisotopic (exact) mass is 148 g/mol. The number of phenols is 1. The number of nitrogens with zero attached hydrogens (tertiary/aromatic N) is 1. The number of aromatic hydroxyl groups is 1. The first-order valence-corrected chi connectivity index (χ1v) is 3.18. The van der Waals surface area contributed by atoms with E-state index in [0.717, 1.165) is 0 Å². The lowest BCUT2D eigenvalue weighted by Crippen LogP contribution is -2.06. The van der Waals surface area contributed by atoms with Crippen molar-refractivity contribution < 1.29 is 5.11 Å². The molecule has 1 unspecified atom stereocenters. The first kappa shape index (κ1) is 7.58. The standard InChI is InChI=1S/C8H8N2O/c9-5-8(10)6-2-1-3-7(11)4-6/h1-4,8,11H,10H2. The van der Waals surface area contributed by atoms with Gasteiger partial charge in [-0.05, 0) is 17.7 Å². The van der Waals surface area contributed by atoms with E-state index in [9.17, 15) is 0 Å². The maximum absolute atomic E-state index is 8.99. The fraction of sp³-hybridized carbons (Fsp3) is 0.125. The Morgan fingerprint density at radius 3 is 2.82 bits per heavy atom. The summed E-state index contributed by atoms with van der Waals surface area (Å²) in [7, 11) is 0. The van der Waals surface area contributed by atoms with Crippen molar-refractivity contribution in [1.29, 1.82) is 5.26 Å². The molecule has 0 radical (unpaired) electrons. The van der Waals surface area contributed by atoms with Crippen LogP contribution in [0.25, 0.3) is 0 Å². The Bertz CT molecular complexity index is 290. The quantitative estimate of drug-likeness (QED) is 0.622. The zero-order valence-corrected chi connectivity index (χ0v) is 5.86. The molecule has 3 nitrogen and oxygen atoms in total. The summed E-state index contributed by atoms with van der Waals surface area (Å²) in [5.74, 6) is 0.133. The summed E-state index contributed by atoms with van der Waals surface area (Å²) in [4.78, 5) is 0. The molecule has 0 amide bonds. The summed E-state index contributed by atoms with van der Waals surface area (Å²) in [5, 5.41) is 17.4. The first-order valence-electron chi connectivity index (χ1n) is 3.18. The van der Waals surface area contributed by atoms with E-state index in [4.69, 9.17) is 16.1 Å². The second kappa shape index (κ2) is 3.04. The maximum Gasteiger partial charge on any atom is 0.119 e. The average Bonchev–Trinajstić information content (AvgIpc) is 2.03. The van der Waals surface area contributed by atoms with Crippen LogP contribution in [0.4, 0.5) is 0 Å². The van der Waals surface area contributed by atoms with Gasteiger partial charge in [0.25, 0.3) is 0 Å². The fourth-order valence-corrected chi connectivity index (χ4v) is 0.793. The Balaban J connectivity index is 2.98. The van der Waals surface area contributed by atoms with Crippen molar-refractivity contribution in [3.05, 3.63) is 29.8 Å². The number of hydrogen-bond donors (Lipinski definition) is 2. The van der Waals surface area contributed by atoms with Gasteiger partial charge in [-0.1, -0.05) is 12.1 Å². The van der Waals surface area contributed by atoms with Gasteiger partial charge in [-0.15, -0.1) is 0 Å². The third kappa shape index (κ3) is 1.69. The number of phenolic OH excluding ortho intramolecular Hbond substituents is 1. The molecule has 1 atom stereocenters. The summed E-state index contributed by atoms with van der Waals surface area (Å²) in [6.07, 6.45) is 0. The lowest BCUT2D eigenvalue weighted by atomic mass is 10.1. The summed E-state index contributed by atoms with van der Waals surface area (Å²) in [6.45, 7) is 0. The van der Waals surface area contributed by atoms with Gasteiger partial charge in [0.15, 0.2) is 0 Å². The number of nitriles is 1. The highest BCUT2D eigenvalue weighted by Gasteiger charge is 2.02. The molecule has 0 saturated carbocycles. The van der Waals surface area contributed by atoms with E-state index in [1.807, 2.05) is 6.07 Å². The summed E-state index contributed by atoms with van der Waals surface area (Å²) >= 11 is 0. The number of rotatable bonds is 1. The SMILES string of the molecule is N#CC(N)c1cccc(O)c1. The molecule has 0 saturated heterocycles. The van der Waals surface area contributed by atoms with E-state index >= 15 is 0 Å². The molecule has 1 aromatic rings. The van der Waals surface area contributed by atoms with Crippen LogP contribution < -0.4 is 5.73 Å². The molecule has 56 valence electrons. The highest BCUT2D eigenvalue weighted by atomic mass is 16.3. The van der Waals surface area contributed by atoms with Crippen molar-refractivity contribution in [1.82, 2.24) is 0 Å². The van der Waals surface area contributed by atoms with Gasteiger partial charge in [0.2, 0.25) is 0 Å². The number of nitrogens with two attached hydrogens (primary N) is 1. The number of hydrogen-bond acceptors (Lipinski definition) is 3. The van der Waals surface area contributed by atoms with Crippen LogP contribution in [-0.4, -0.2) is 5.11 Å². The molecule has 1 rings (SSSR count). The first-order chi connectivity index (χ1) is 5.24. The van der Waals surface area contributed by atoms with Gasteiger partial charge < -0.3 is 10.8 Å². The minimum atomic E-state index is -0.651. The minimum absolute atomic E-state index is 0.133. The average molecular weight is 148 g/mol. The molecule has 3 heteroatoms. The molecule has 0 bridgehead atoms. The molecule has 0 aromatic heterocycles. The second-order valence-electron chi connectivity index (χ2n) is 2.20. The zero-order chi connectivity index (χ0) is 8.27. The molecule has 0 aliphatic heterocycles. The van der Waals surface area contributed by atoms with Gasteiger partial charge in [0.1, 0.15) is 11.8 Å². The third-order valence-electron chi connectivity index (χ3n) is 1.37. The largest absolute Gasteiger partial charge is 0.508 e. The topological polar surface area (TPSA) is 70.0 Å². The van der Waals surface area contributed by atoms with Crippen molar-refractivity contribution in [3.8, 4) is 11.8 Å². The minimum Gasteiger partial charge on any atom is -0.508 e. The Morgan fingerprint density at radius 1 is 1.55 bits per heavy atom. The van der Waals surface area contributed by atoms with Crippen LogP contribution in [-0.2, 0) is 0 Å². The Labute approximate surface area is 64.7 Å². The van der Waals surface area contributed by atoms with Crippen LogP contribution in [0.3, 0.4) is 0 Å². The van der Waals surface area contributed by atoms with Gasteiger partial charge in [-0.25, -0.2) is 0 Å². The van der Waals surface area contributed by atoms with Gasteiger partial charge in [-0.2, -0.15) is 5.26 Å². The lowest BCUT2D eigenvalue weighted by Gasteiger charge is -2.01. The van der Waals surface area contributed by atoms with E-state index in [-0.39, 0.29) is 5.75 Å². The Hall–Kier alpha value is -1.53. The summed E-state index contributed by atoms with van der Waals surface area (Å²) in [5.41, 5.74) is 6.02. The number of benzene rings is 1. The highest BCUT2D eigenvalue weighted by molar-refractivity contribution is 5.31. The van der Waals surface area contributed by atoms with Crippen LogP contribution >= 0.6 is 0 Å². The molecular weight excluding hydrogens is 140 g/mol. The molecule has 0 aliphatic rings. The molecule has 11 heavy (non-hydrogen) atoms. The van der Waals surface area contributed by atoms with Gasteiger partial charge in [0.05, 0.1) is 6.07 Å². The Morgan fingerprint density at radius 2 is 2.27 bits per heavy atom. The Kier molecular flexibility index (Phi) is 2.09. The van der Waals surface area contributed by atoms with E-state index in [2.05, 4.69) is 0 Å². The predicted octanol–water partition coefficient (Wildman–Crippen LogP) is 0.916. The molecular formula is C8H8N2O. The zero-order valence-electron chi connectivity index (χ0n) is 5.86. The van der Waals surface area contributed by atoms with Crippen LogP contribution in [0.2, 0.25) is 0 Å². The molecule has 0 fully saturated rings. The van der Waals surface area contributed by atoms with Crippen LogP contribution in [0, 0.1) is 11.3 Å². The van der Waals surface area contributed by atoms with Crippen LogP contribution in [0.15, 0.2) is 24.3 Å². The second-order valence-corrected chi connectivity index (χ2v) is 2.20. The predicted molar refractivity (Wildman–Crippen MR) is 40.6 cm³/mol. The van der Waals surface area contributed by atoms with E-state index < -0.39 is 6.04 Å². The van der Waals surface area contributed by atoms with Crippen molar-refractivity contribution in [3.63, 3.8) is 0 Å². The third-order valence-corrected chi connectivity index (χ3v) is 1.37. The van der Waals surface area contributed by atoms with Crippen LogP contribution in [0.1, 0.15) is 11.6 Å². The summed E-state index contributed by atoms with van der Waals surface area (Å²) < 4.78 is 0. The maximum atomic E-state index is 8.99. The molecule has 0 heterocycles. The fourth-order valence-electron chi connectivity index (χ4n) is 0.793. The van der Waals surface area contributed by atoms with Gasteiger partial charge in [0, 0.05) is 0 Å².